The Morgan fingerprint density at radius 3 is 2.41 bits per heavy atom. The molecule has 1 aromatic heterocycles. The van der Waals surface area contributed by atoms with Gasteiger partial charge < -0.3 is 10.4 Å². The molecule has 3 N–H and O–H groups in total. The highest BCUT2D eigenvalue weighted by molar-refractivity contribution is 6.06. The highest BCUT2D eigenvalue weighted by Crippen LogP contribution is 2.27. The van der Waals surface area contributed by atoms with Crippen molar-refractivity contribution in [2.75, 3.05) is 17.2 Å². The van der Waals surface area contributed by atoms with E-state index in [1.54, 1.807) is 4.68 Å². The number of benzene rings is 3. The van der Waals surface area contributed by atoms with E-state index >= 15 is 0 Å². The summed E-state index contributed by atoms with van der Waals surface area (Å²) in [5.41, 5.74) is 3.32. The molecule has 32 heavy (non-hydrogen) atoms. The van der Waals surface area contributed by atoms with Gasteiger partial charge in [-0.1, -0.05) is 69.3 Å². The van der Waals surface area contributed by atoms with Crippen LogP contribution in [0, 0.1) is 0 Å². The molecule has 4 rings (SSSR count). The first-order valence-corrected chi connectivity index (χ1v) is 10.7. The predicted octanol–water partition coefficient (Wildman–Crippen LogP) is 5.50. The molecule has 0 bridgehead atoms. The Morgan fingerprint density at radius 1 is 0.969 bits per heavy atom. The lowest BCUT2D eigenvalue weighted by Gasteiger charge is -2.14. The number of aromatic nitrogens is 2. The maximum Gasteiger partial charge on any atom is 0.324 e. The summed E-state index contributed by atoms with van der Waals surface area (Å²) in [4.78, 5) is 12.9. The van der Waals surface area contributed by atoms with Gasteiger partial charge in [0.25, 0.3) is 0 Å². The second-order valence-corrected chi connectivity index (χ2v) is 8.82. The van der Waals surface area contributed by atoms with E-state index in [2.05, 4.69) is 31.4 Å². The summed E-state index contributed by atoms with van der Waals surface area (Å²) in [6.07, 6.45) is 0.602. The van der Waals surface area contributed by atoms with Gasteiger partial charge in [0.05, 0.1) is 17.1 Å². The standard InChI is InChI=1S/C26H28N4O2/c1-26(2,3)23-17-24(30(29-23)20-13-11-18(12-14-20)15-16-31)28-25(32)27-22-10-6-8-19-7-4-5-9-21(19)22/h4-14,17,31H,15-16H2,1-3H3,(H2,27,28,32). The fourth-order valence-corrected chi connectivity index (χ4v) is 3.57. The average Bonchev–Trinajstić information content (AvgIpc) is 3.19. The molecule has 0 saturated heterocycles. The van der Waals surface area contributed by atoms with Gasteiger partial charge in [-0.15, -0.1) is 0 Å². The van der Waals surface area contributed by atoms with E-state index in [9.17, 15) is 4.79 Å². The molecule has 3 aromatic carbocycles. The Labute approximate surface area is 187 Å². The third-order valence-electron chi connectivity index (χ3n) is 5.34. The van der Waals surface area contributed by atoms with Crippen LogP contribution in [0.25, 0.3) is 16.5 Å². The van der Waals surface area contributed by atoms with E-state index in [4.69, 9.17) is 10.2 Å². The smallest absolute Gasteiger partial charge is 0.324 e. The molecule has 0 radical (unpaired) electrons. The van der Waals surface area contributed by atoms with Crippen molar-refractivity contribution >= 4 is 28.3 Å². The number of carbonyl (C=O) groups is 1. The molecule has 6 nitrogen and oxygen atoms in total. The number of aliphatic hydroxyl groups excluding tert-OH is 1. The Morgan fingerprint density at radius 2 is 1.69 bits per heavy atom. The van der Waals surface area contributed by atoms with Gasteiger partial charge in [0.2, 0.25) is 0 Å². The Bertz CT molecular complexity index is 1230. The van der Waals surface area contributed by atoms with Crippen LogP contribution < -0.4 is 10.6 Å². The van der Waals surface area contributed by atoms with Gasteiger partial charge in [-0.2, -0.15) is 5.10 Å². The van der Waals surface area contributed by atoms with Crippen LogP contribution >= 0.6 is 0 Å². The number of nitrogens with zero attached hydrogens (tertiary/aromatic N) is 2. The van der Waals surface area contributed by atoms with Gasteiger partial charge in [-0.25, -0.2) is 9.48 Å². The topological polar surface area (TPSA) is 79.2 Å². The fraction of sp³-hybridized carbons (Fsp3) is 0.231. The van der Waals surface area contributed by atoms with Gasteiger partial charge >= 0.3 is 6.03 Å². The molecular weight excluding hydrogens is 400 g/mol. The number of nitrogens with one attached hydrogen (secondary N) is 2. The Balaban J connectivity index is 1.63. The molecule has 2 amide bonds. The van der Waals surface area contributed by atoms with Crippen LogP contribution in [-0.2, 0) is 11.8 Å². The van der Waals surface area contributed by atoms with Gasteiger partial charge in [-0.3, -0.25) is 5.32 Å². The average molecular weight is 429 g/mol. The van der Waals surface area contributed by atoms with Crippen LogP contribution in [0.3, 0.4) is 0 Å². The monoisotopic (exact) mass is 428 g/mol. The first-order chi connectivity index (χ1) is 15.3. The quantitative estimate of drug-likeness (QED) is 0.393. The summed E-state index contributed by atoms with van der Waals surface area (Å²) < 4.78 is 1.74. The Hall–Kier alpha value is -3.64. The van der Waals surface area contributed by atoms with Crippen molar-refractivity contribution in [2.24, 2.45) is 0 Å². The van der Waals surface area contributed by atoms with Gasteiger partial charge in [0, 0.05) is 23.5 Å². The minimum atomic E-state index is -0.333. The van der Waals surface area contributed by atoms with Gasteiger partial charge in [-0.05, 0) is 35.6 Å². The first kappa shape index (κ1) is 21.6. The summed E-state index contributed by atoms with van der Waals surface area (Å²) in [7, 11) is 0. The van der Waals surface area contributed by atoms with E-state index in [-0.39, 0.29) is 18.1 Å². The lowest BCUT2D eigenvalue weighted by Crippen LogP contribution is -2.21. The summed E-state index contributed by atoms with van der Waals surface area (Å²) in [5.74, 6) is 0.586. The van der Waals surface area contributed by atoms with Crippen molar-refractivity contribution in [3.63, 3.8) is 0 Å². The molecule has 1 heterocycles. The van der Waals surface area contributed by atoms with Crippen molar-refractivity contribution in [2.45, 2.75) is 32.6 Å². The number of anilines is 2. The molecule has 0 aliphatic carbocycles. The number of urea groups is 1. The first-order valence-electron chi connectivity index (χ1n) is 10.7. The van der Waals surface area contributed by atoms with Gasteiger partial charge in [0.15, 0.2) is 0 Å². The minimum Gasteiger partial charge on any atom is -0.396 e. The van der Waals surface area contributed by atoms with E-state index < -0.39 is 0 Å². The largest absolute Gasteiger partial charge is 0.396 e. The van der Waals surface area contributed by atoms with Crippen molar-refractivity contribution in [1.29, 1.82) is 0 Å². The third-order valence-corrected chi connectivity index (χ3v) is 5.34. The zero-order chi connectivity index (χ0) is 22.7. The highest BCUT2D eigenvalue weighted by Gasteiger charge is 2.21. The highest BCUT2D eigenvalue weighted by atomic mass is 16.3. The predicted molar refractivity (Wildman–Crippen MR) is 130 cm³/mol. The minimum absolute atomic E-state index is 0.108. The molecule has 0 fully saturated rings. The molecule has 0 spiro atoms. The summed E-state index contributed by atoms with van der Waals surface area (Å²) in [6, 6.07) is 23.1. The zero-order valence-electron chi connectivity index (χ0n) is 18.6. The van der Waals surface area contributed by atoms with Crippen LogP contribution in [0.4, 0.5) is 16.3 Å². The second kappa shape index (κ2) is 8.85. The molecule has 0 unspecified atom stereocenters. The van der Waals surface area contributed by atoms with Crippen LogP contribution in [0.1, 0.15) is 32.0 Å². The number of hydrogen-bond acceptors (Lipinski definition) is 3. The molecule has 6 heteroatoms. The fourth-order valence-electron chi connectivity index (χ4n) is 3.57. The second-order valence-electron chi connectivity index (χ2n) is 8.82. The molecule has 0 aliphatic heterocycles. The van der Waals surface area contributed by atoms with Crippen molar-refractivity contribution in [3.8, 4) is 5.69 Å². The molecule has 4 aromatic rings. The van der Waals surface area contributed by atoms with E-state index in [0.717, 1.165) is 33.4 Å². The summed E-state index contributed by atoms with van der Waals surface area (Å²) in [5, 5.41) is 21.9. The van der Waals surface area contributed by atoms with Crippen LogP contribution in [0.2, 0.25) is 0 Å². The van der Waals surface area contributed by atoms with Crippen molar-refractivity contribution in [1.82, 2.24) is 9.78 Å². The number of rotatable bonds is 5. The van der Waals surface area contributed by atoms with Gasteiger partial charge in [0.1, 0.15) is 5.82 Å². The Kier molecular flexibility index (Phi) is 5.97. The number of hydrogen-bond donors (Lipinski definition) is 3. The zero-order valence-corrected chi connectivity index (χ0v) is 18.6. The SMILES string of the molecule is CC(C)(C)c1cc(NC(=O)Nc2cccc3ccccc23)n(-c2ccc(CCO)cc2)n1. The number of fused-ring (bicyclic) bond motifs is 1. The van der Waals surface area contributed by atoms with E-state index in [0.29, 0.717) is 12.2 Å². The van der Waals surface area contributed by atoms with Crippen LogP contribution in [0.5, 0.6) is 0 Å². The number of aliphatic hydroxyl groups is 1. The van der Waals surface area contributed by atoms with Crippen LogP contribution in [-0.4, -0.2) is 27.5 Å². The number of carbonyl (C=O) groups excluding carboxylic acids is 1. The molecule has 0 saturated carbocycles. The molecule has 0 atom stereocenters. The van der Waals surface area contributed by atoms with E-state index in [1.165, 1.54) is 0 Å². The molecular formula is C26H28N4O2. The summed E-state index contributed by atoms with van der Waals surface area (Å²) in [6.45, 7) is 6.37. The lowest BCUT2D eigenvalue weighted by molar-refractivity contribution is 0.262. The van der Waals surface area contributed by atoms with Crippen molar-refractivity contribution < 1.29 is 9.90 Å². The summed E-state index contributed by atoms with van der Waals surface area (Å²) >= 11 is 0. The third kappa shape index (κ3) is 4.65. The van der Waals surface area contributed by atoms with Crippen LogP contribution in [0.15, 0.2) is 72.8 Å². The van der Waals surface area contributed by atoms with Crippen molar-refractivity contribution in [3.05, 3.63) is 84.1 Å². The molecule has 164 valence electrons. The van der Waals surface area contributed by atoms with E-state index in [1.807, 2.05) is 72.8 Å². The lowest BCUT2D eigenvalue weighted by atomic mass is 9.92. The maximum absolute atomic E-state index is 12.9. The maximum atomic E-state index is 12.9. The number of amides is 2. The molecule has 0 aliphatic rings. The normalized spacial score (nSPS) is 11.5.